The number of anilines is 2. The molecule has 2 aromatic carbocycles. The molecule has 3 aromatic rings. The van der Waals surface area contributed by atoms with Crippen molar-refractivity contribution in [2.45, 2.75) is 6.92 Å². The minimum Gasteiger partial charge on any atom is -0.322 e. The van der Waals surface area contributed by atoms with Gasteiger partial charge in [-0.05, 0) is 48.7 Å². The Labute approximate surface area is 144 Å². The van der Waals surface area contributed by atoms with E-state index in [-0.39, 0.29) is 11.8 Å². The first-order valence-electron chi connectivity index (χ1n) is 7.45. The van der Waals surface area contributed by atoms with Gasteiger partial charge < -0.3 is 10.6 Å². The van der Waals surface area contributed by atoms with Crippen LogP contribution >= 0.6 is 11.3 Å². The topological polar surface area (TPSA) is 58.2 Å². The maximum Gasteiger partial charge on any atom is 0.265 e. The van der Waals surface area contributed by atoms with E-state index in [1.807, 2.05) is 30.5 Å². The Hall–Kier alpha value is -2.92. The molecule has 0 unspecified atom stereocenters. The number of benzene rings is 2. The molecular weight excluding hydrogens is 320 g/mol. The number of carbonyl (C=O) groups excluding carboxylic acids is 2. The van der Waals surface area contributed by atoms with Gasteiger partial charge in [-0.15, -0.1) is 11.3 Å². The Morgan fingerprint density at radius 2 is 1.50 bits per heavy atom. The van der Waals surface area contributed by atoms with E-state index in [0.717, 1.165) is 5.56 Å². The number of thiophene rings is 1. The fourth-order valence-electron chi connectivity index (χ4n) is 2.18. The summed E-state index contributed by atoms with van der Waals surface area (Å²) in [6, 6.07) is 18.0. The first-order valence-corrected chi connectivity index (χ1v) is 8.33. The van der Waals surface area contributed by atoms with E-state index in [4.69, 9.17) is 0 Å². The van der Waals surface area contributed by atoms with Crippen molar-refractivity contribution >= 4 is 34.5 Å². The van der Waals surface area contributed by atoms with Crippen molar-refractivity contribution in [2.75, 3.05) is 10.6 Å². The van der Waals surface area contributed by atoms with Crippen LogP contribution in [0.15, 0.2) is 66.0 Å². The van der Waals surface area contributed by atoms with Gasteiger partial charge in [-0.1, -0.05) is 29.8 Å². The molecule has 5 heteroatoms. The molecule has 1 heterocycles. The average Bonchev–Trinajstić information content (AvgIpc) is 3.10. The number of nitrogens with one attached hydrogen (secondary N) is 2. The van der Waals surface area contributed by atoms with E-state index in [2.05, 4.69) is 10.6 Å². The smallest absolute Gasteiger partial charge is 0.265 e. The summed E-state index contributed by atoms with van der Waals surface area (Å²) in [5.41, 5.74) is 2.96. The van der Waals surface area contributed by atoms with E-state index in [1.54, 1.807) is 42.5 Å². The SMILES string of the molecule is Cc1ccc(C(=O)Nc2cccc(NC(=O)c3cccs3)c2)cc1. The van der Waals surface area contributed by atoms with Gasteiger partial charge in [0.25, 0.3) is 11.8 Å². The second kappa shape index (κ2) is 7.10. The molecule has 0 aliphatic heterocycles. The molecule has 0 aliphatic rings. The van der Waals surface area contributed by atoms with Crippen molar-refractivity contribution in [3.8, 4) is 0 Å². The van der Waals surface area contributed by atoms with Gasteiger partial charge in [0.1, 0.15) is 0 Å². The van der Waals surface area contributed by atoms with E-state index in [0.29, 0.717) is 21.8 Å². The van der Waals surface area contributed by atoms with Gasteiger partial charge in [-0.25, -0.2) is 0 Å². The molecule has 0 atom stereocenters. The maximum absolute atomic E-state index is 12.2. The highest BCUT2D eigenvalue weighted by molar-refractivity contribution is 7.12. The summed E-state index contributed by atoms with van der Waals surface area (Å²) in [4.78, 5) is 25.0. The van der Waals surface area contributed by atoms with E-state index < -0.39 is 0 Å². The fourth-order valence-corrected chi connectivity index (χ4v) is 2.80. The van der Waals surface area contributed by atoms with E-state index in [1.165, 1.54) is 11.3 Å². The zero-order chi connectivity index (χ0) is 16.9. The van der Waals surface area contributed by atoms with Crippen LogP contribution in [0.5, 0.6) is 0 Å². The maximum atomic E-state index is 12.2. The summed E-state index contributed by atoms with van der Waals surface area (Å²) in [5, 5.41) is 7.52. The number of rotatable bonds is 4. The summed E-state index contributed by atoms with van der Waals surface area (Å²) in [7, 11) is 0. The van der Waals surface area contributed by atoms with Crippen molar-refractivity contribution in [2.24, 2.45) is 0 Å². The first-order chi connectivity index (χ1) is 11.6. The Morgan fingerprint density at radius 3 is 2.12 bits per heavy atom. The third kappa shape index (κ3) is 3.88. The molecule has 2 N–H and O–H groups in total. The predicted molar refractivity (Wildman–Crippen MR) is 97.8 cm³/mol. The van der Waals surface area contributed by atoms with Crippen LogP contribution in [0.2, 0.25) is 0 Å². The van der Waals surface area contributed by atoms with Crippen molar-refractivity contribution in [1.29, 1.82) is 0 Å². The molecule has 4 nitrogen and oxygen atoms in total. The van der Waals surface area contributed by atoms with Crippen molar-refractivity contribution in [3.05, 3.63) is 82.0 Å². The minimum atomic E-state index is -0.184. The van der Waals surface area contributed by atoms with Crippen molar-refractivity contribution < 1.29 is 9.59 Å². The summed E-state index contributed by atoms with van der Waals surface area (Å²) in [6.07, 6.45) is 0. The lowest BCUT2D eigenvalue weighted by molar-refractivity contribution is 0.102. The fraction of sp³-hybridized carbons (Fsp3) is 0.0526. The highest BCUT2D eigenvalue weighted by Crippen LogP contribution is 2.18. The van der Waals surface area contributed by atoms with Gasteiger partial charge >= 0.3 is 0 Å². The molecule has 120 valence electrons. The average molecular weight is 336 g/mol. The van der Waals surface area contributed by atoms with Crippen LogP contribution < -0.4 is 10.6 Å². The largest absolute Gasteiger partial charge is 0.322 e. The van der Waals surface area contributed by atoms with E-state index >= 15 is 0 Å². The molecule has 3 rings (SSSR count). The lowest BCUT2D eigenvalue weighted by Crippen LogP contribution is -2.13. The number of aryl methyl sites for hydroxylation is 1. The molecule has 24 heavy (non-hydrogen) atoms. The highest BCUT2D eigenvalue weighted by Gasteiger charge is 2.09. The zero-order valence-corrected chi connectivity index (χ0v) is 13.9. The summed E-state index contributed by atoms with van der Waals surface area (Å²) in [5.74, 6) is -0.344. The Balaban J connectivity index is 1.70. The lowest BCUT2D eigenvalue weighted by atomic mass is 10.1. The van der Waals surface area contributed by atoms with Gasteiger partial charge in [-0.3, -0.25) is 9.59 Å². The first kappa shape index (κ1) is 16.0. The second-order valence-electron chi connectivity index (χ2n) is 5.33. The van der Waals surface area contributed by atoms with Crippen LogP contribution in [0.1, 0.15) is 25.6 Å². The Kier molecular flexibility index (Phi) is 4.72. The third-order valence-electron chi connectivity index (χ3n) is 3.44. The molecule has 0 aliphatic carbocycles. The van der Waals surface area contributed by atoms with Crippen LogP contribution in [0, 0.1) is 6.92 Å². The third-order valence-corrected chi connectivity index (χ3v) is 4.31. The molecule has 2 amide bonds. The Morgan fingerprint density at radius 1 is 0.833 bits per heavy atom. The minimum absolute atomic E-state index is 0.160. The van der Waals surface area contributed by atoms with Gasteiger partial charge in [0.2, 0.25) is 0 Å². The number of hydrogen-bond donors (Lipinski definition) is 2. The highest BCUT2D eigenvalue weighted by atomic mass is 32.1. The molecule has 0 spiro atoms. The predicted octanol–water partition coefficient (Wildman–Crippen LogP) is 4.56. The molecule has 0 saturated carbocycles. The van der Waals surface area contributed by atoms with Crippen LogP contribution in [-0.2, 0) is 0 Å². The Bertz CT molecular complexity index is 855. The number of hydrogen-bond acceptors (Lipinski definition) is 3. The van der Waals surface area contributed by atoms with E-state index in [9.17, 15) is 9.59 Å². The molecule has 0 saturated heterocycles. The lowest BCUT2D eigenvalue weighted by Gasteiger charge is -2.08. The molecule has 0 radical (unpaired) electrons. The molecule has 0 fully saturated rings. The van der Waals surface area contributed by atoms with Crippen LogP contribution in [0.25, 0.3) is 0 Å². The van der Waals surface area contributed by atoms with Crippen molar-refractivity contribution in [1.82, 2.24) is 0 Å². The molecule has 0 bridgehead atoms. The monoisotopic (exact) mass is 336 g/mol. The summed E-state index contributed by atoms with van der Waals surface area (Å²) >= 11 is 1.38. The summed E-state index contributed by atoms with van der Waals surface area (Å²) < 4.78 is 0. The number of amides is 2. The molecule has 1 aromatic heterocycles. The zero-order valence-electron chi connectivity index (χ0n) is 13.1. The van der Waals surface area contributed by atoms with Crippen LogP contribution in [-0.4, -0.2) is 11.8 Å². The van der Waals surface area contributed by atoms with Crippen LogP contribution in [0.3, 0.4) is 0 Å². The molecular formula is C19H16N2O2S. The normalized spacial score (nSPS) is 10.2. The quantitative estimate of drug-likeness (QED) is 0.734. The summed E-state index contributed by atoms with van der Waals surface area (Å²) in [6.45, 7) is 1.97. The van der Waals surface area contributed by atoms with Crippen molar-refractivity contribution in [3.63, 3.8) is 0 Å². The van der Waals surface area contributed by atoms with Gasteiger partial charge in [0, 0.05) is 16.9 Å². The van der Waals surface area contributed by atoms with Gasteiger partial charge in [0.05, 0.1) is 4.88 Å². The second-order valence-corrected chi connectivity index (χ2v) is 6.28. The number of carbonyl (C=O) groups is 2. The van der Waals surface area contributed by atoms with Gasteiger partial charge in [-0.2, -0.15) is 0 Å². The van der Waals surface area contributed by atoms with Gasteiger partial charge in [0.15, 0.2) is 0 Å². The standard InChI is InChI=1S/C19H16N2O2S/c1-13-7-9-14(10-8-13)18(22)20-15-4-2-5-16(12-15)21-19(23)17-6-3-11-24-17/h2-12H,1H3,(H,20,22)(H,21,23). The van der Waals surface area contributed by atoms with Crippen LogP contribution in [0.4, 0.5) is 11.4 Å².